The number of nitrogens with zero attached hydrogens (tertiary/aromatic N) is 1. The maximum absolute atomic E-state index is 13.4. The van der Waals surface area contributed by atoms with Gasteiger partial charge in [0.2, 0.25) is 0 Å². The molecule has 0 unspecified atom stereocenters. The third-order valence-corrected chi connectivity index (χ3v) is 7.95. The minimum atomic E-state index is -3.71. The number of aryl methyl sites for hydroxylation is 2. The van der Waals surface area contributed by atoms with Crippen molar-refractivity contribution in [3.8, 4) is 11.5 Å². The Balaban J connectivity index is 1.43. The number of ether oxygens (including phenoxy) is 2. The van der Waals surface area contributed by atoms with Crippen molar-refractivity contribution in [2.75, 3.05) is 24.6 Å². The van der Waals surface area contributed by atoms with Crippen LogP contribution in [0.25, 0.3) is 0 Å². The molecule has 0 saturated carbocycles. The molecule has 3 aromatic carbocycles. The van der Waals surface area contributed by atoms with Crippen LogP contribution in [0, 0.1) is 6.92 Å². The molecule has 0 bridgehead atoms. The zero-order valence-electron chi connectivity index (χ0n) is 20.2. The Bertz CT molecular complexity index is 1320. The Morgan fingerprint density at radius 2 is 1.80 bits per heavy atom. The van der Waals surface area contributed by atoms with E-state index in [9.17, 15) is 13.2 Å². The molecule has 1 heterocycles. The number of anilines is 1. The van der Waals surface area contributed by atoms with Crippen molar-refractivity contribution in [2.45, 2.75) is 37.6 Å². The Morgan fingerprint density at radius 1 is 1.06 bits per heavy atom. The minimum absolute atomic E-state index is 0.189. The van der Waals surface area contributed by atoms with Gasteiger partial charge in [-0.3, -0.25) is 9.10 Å². The highest BCUT2D eigenvalue weighted by Gasteiger charge is 2.29. The molecule has 7 nitrogen and oxygen atoms in total. The number of sulfonamides is 1. The predicted molar refractivity (Wildman–Crippen MR) is 136 cm³/mol. The van der Waals surface area contributed by atoms with Gasteiger partial charge >= 0.3 is 0 Å². The first-order chi connectivity index (χ1) is 16.8. The smallest absolute Gasteiger partial charge is 0.264 e. The summed E-state index contributed by atoms with van der Waals surface area (Å²) in [5, 5.41) is 2.90. The van der Waals surface area contributed by atoms with Crippen molar-refractivity contribution >= 4 is 21.6 Å². The second kappa shape index (κ2) is 10.4. The molecule has 35 heavy (non-hydrogen) atoms. The third kappa shape index (κ3) is 5.27. The number of rotatable bonds is 8. The highest BCUT2D eigenvalue weighted by atomic mass is 32.2. The van der Waals surface area contributed by atoms with Gasteiger partial charge in [-0.05, 0) is 68.1 Å². The minimum Gasteiger partial charge on any atom is -0.496 e. The zero-order valence-corrected chi connectivity index (χ0v) is 21.0. The average molecular weight is 495 g/mol. The van der Waals surface area contributed by atoms with Crippen molar-refractivity contribution in [3.05, 3.63) is 83.4 Å². The van der Waals surface area contributed by atoms with Gasteiger partial charge in [0, 0.05) is 12.1 Å². The standard InChI is InChI=1S/C27H30N2O5S/c1-19-17-22(35(31,32)29-16-8-10-21-9-4-6-12-24(21)29)14-15-25(19)34-18-27(30)28-20(2)23-11-5-7-13-26(23)33-3/h4-7,9,11-15,17,20H,8,10,16,18H2,1-3H3,(H,28,30)/t20-/m0/s1. The van der Waals surface area contributed by atoms with Gasteiger partial charge in [-0.25, -0.2) is 8.42 Å². The molecule has 1 aliphatic heterocycles. The van der Waals surface area contributed by atoms with Gasteiger partial charge in [0.25, 0.3) is 15.9 Å². The number of carbonyl (C=O) groups excluding carboxylic acids is 1. The van der Waals surface area contributed by atoms with Crippen LogP contribution in [0.2, 0.25) is 0 Å². The number of carbonyl (C=O) groups is 1. The van der Waals surface area contributed by atoms with Crippen molar-refractivity contribution in [1.29, 1.82) is 0 Å². The molecule has 0 saturated heterocycles. The third-order valence-electron chi connectivity index (χ3n) is 6.14. The van der Waals surface area contributed by atoms with Crippen LogP contribution in [0.5, 0.6) is 11.5 Å². The summed E-state index contributed by atoms with van der Waals surface area (Å²) >= 11 is 0. The first kappa shape index (κ1) is 24.6. The maximum atomic E-state index is 13.4. The molecule has 1 aliphatic rings. The zero-order chi connectivity index (χ0) is 25.0. The molecule has 8 heteroatoms. The summed E-state index contributed by atoms with van der Waals surface area (Å²) in [7, 11) is -2.12. The molecule has 1 atom stereocenters. The van der Waals surface area contributed by atoms with E-state index in [0.29, 0.717) is 23.6 Å². The summed E-state index contributed by atoms with van der Waals surface area (Å²) in [4.78, 5) is 12.7. The molecular weight excluding hydrogens is 464 g/mol. The lowest BCUT2D eigenvalue weighted by atomic mass is 10.0. The molecule has 1 N–H and O–H groups in total. The van der Waals surface area contributed by atoms with Crippen molar-refractivity contribution in [2.24, 2.45) is 0 Å². The molecule has 4 rings (SSSR count). The number of hydrogen-bond acceptors (Lipinski definition) is 5. The Hall–Kier alpha value is -3.52. The van der Waals surface area contributed by atoms with Gasteiger partial charge in [0.05, 0.1) is 23.7 Å². The molecular formula is C27H30N2O5S. The summed E-state index contributed by atoms with van der Waals surface area (Å²) in [6, 6.07) is 19.6. The van der Waals surface area contributed by atoms with Gasteiger partial charge in [-0.1, -0.05) is 36.4 Å². The van der Waals surface area contributed by atoms with E-state index in [4.69, 9.17) is 9.47 Å². The van der Waals surface area contributed by atoms with E-state index < -0.39 is 10.0 Å². The van der Waals surface area contributed by atoms with E-state index in [-0.39, 0.29) is 23.5 Å². The molecule has 0 aromatic heterocycles. The fourth-order valence-corrected chi connectivity index (χ4v) is 5.98. The van der Waals surface area contributed by atoms with Crippen molar-refractivity contribution in [1.82, 2.24) is 5.32 Å². The molecule has 0 radical (unpaired) electrons. The van der Waals surface area contributed by atoms with Crippen LogP contribution in [-0.2, 0) is 21.2 Å². The lowest BCUT2D eigenvalue weighted by Gasteiger charge is -2.30. The summed E-state index contributed by atoms with van der Waals surface area (Å²) in [6.07, 6.45) is 1.64. The topological polar surface area (TPSA) is 84.9 Å². The van der Waals surface area contributed by atoms with Crippen LogP contribution < -0.4 is 19.1 Å². The van der Waals surface area contributed by atoms with Crippen LogP contribution in [0.3, 0.4) is 0 Å². The quantitative estimate of drug-likeness (QED) is 0.502. The molecule has 0 fully saturated rings. The first-order valence-electron chi connectivity index (χ1n) is 11.6. The number of amides is 1. The summed E-state index contributed by atoms with van der Waals surface area (Å²) in [6.45, 7) is 3.90. The number of fused-ring (bicyclic) bond motifs is 1. The largest absolute Gasteiger partial charge is 0.496 e. The fraction of sp³-hybridized carbons (Fsp3) is 0.296. The predicted octanol–water partition coefficient (Wildman–Crippen LogP) is 4.40. The Kier molecular flexibility index (Phi) is 7.31. The van der Waals surface area contributed by atoms with Crippen LogP contribution >= 0.6 is 0 Å². The van der Waals surface area contributed by atoms with E-state index in [1.54, 1.807) is 26.2 Å². The van der Waals surface area contributed by atoms with Crippen molar-refractivity contribution in [3.63, 3.8) is 0 Å². The number of methoxy groups -OCH3 is 1. The maximum Gasteiger partial charge on any atom is 0.264 e. The lowest BCUT2D eigenvalue weighted by molar-refractivity contribution is -0.123. The summed E-state index contributed by atoms with van der Waals surface area (Å²) < 4.78 is 39.3. The van der Waals surface area contributed by atoms with Crippen LogP contribution in [0.4, 0.5) is 5.69 Å². The van der Waals surface area contributed by atoms with Gasteiger partial charge < -0.3 is 14.8 Å². The molecule has 3 aromatic rings. The summed E-state index contributed by atoms with van der Waals surface area (Å²) in [5.41, 5.74) is 3.28. The number of para-hydroxylation sites is 2. The van der Waals surface area contributed by atoms with Gasteiger partial charge in [-0.2, -0.15) is 0 Å². The van der Waals surface area contributed by atoms with E-state index in [1.165, 1.54) is 10.4 Å². The lowest BCUT2D eigenvalue weighted by Crippen LogP contribution is -2.35. The number of nitrogens with one attached hydrogen (secondary N) is 1. The second-order valence-electron chi connectivity index (χ2n) is 8.56. The molecule has 0 aliphatic carbocycles. The monoisotopic (exact) mass is 494 g/mol. The highest BCUT2D eigenvalue weighted by Crippen LogP contribution is 2.33. The van der Waals surface area contributed by atoms with Gasteiger partial charge in [0.15, 0.2) is 6.61 Å². The number of benzene rings is 3. The fourth-order valence-electron chi connectivity index (χ4n) is 4.35. The molecule has 184 valence electrons. The highest BCUT2D eigenvalue weighted by molar-refractivity contribution is 7.92. The van der Waals surface area contributed by atoms with E-state index in [0.717, 1.165) is 29.7 Å². The van der Waals surface area contributed by atoms with E-state index in [1.807, 2.05) is 55.5 Å². The van der Waals surface area contributed by atoms with E-state index in [2.05, 4.69) is 5.32 Å². The Morgan fingerprint density at radius 3 is 2.57 bits per heavy atom. The average Bonchev–Trinajstić information content (AvgIpc) is 2.87. The van der Waals surface area contributed by atoms with Crippen molar-refractivity contribution < 1.29 is 22.7 Å². The van der Waals surface area contributed by atoms with Crippen LogP contribution in [0.1, 0.15) is 36.1 Å². The first-order valence-corrected chi connectivity index (χ1v) is 13.0. The second-order valence-corrected chi connectivity index (χ2v) is 10.4. The SMILES string of the molecule is COc1ccccc1[C@H](C)NC(=O)COc1ccc(S(=O)(=O)N2CCCc3ccccc32)cc1C. The van der Waals surface area contributed by atoms with Crippen LogP contribution in [-0.4, -0.2) is 34.6 Å². The van der Waals surface area contributed by atoms with Crippen LogP contribution in [0.15, 0.2) is 71.6 Å². The molecule has 1 amide bonds. The summed E-state index contributed by atoms with van der Waals surface area (Å²) in [5.74, 6) is 0.873. The molecule has 0 spiro atoms. The Labute approximate surface area is 206 Å². The van der Waals surface area contributed by atoms with Gasteiger partial charge in [-0.15, -0.1) is 0 Å². The number of hydrogen-bond donors (Lipinski definition) is 1. The van der Waals surface area contributed by atoms with E-state index >= 15 is 0 Å². The van der Waals surface area contributed by atoms with Gasteiger partial charge in [0.1, 0.15) is 11.5 Å². The normalized spacial score (nSPS) is 14.1.